The van der Waals surface area contributed by atoms with E-state index in [1.165, 1.54) is 23.4 Å². The largest absolute Gasteiger partial charge is 0.469 e. The first-order chi connectivity index (χ1) is 15.2. The van der Waals surface area contributed by atoms with Gasteiger partial charge >= 0.3 is 0 Å². The number of benzene rings is 1. The molecule has 1 amide bonds. The first-order valence-electron chi connectivity index (χ1n) is 9.73. The maximum absolute atomic E-state index is 13.9. The summed E-state index contributed by atoms with van der Waals surface area (Å²) in [6, 6.07) is 15.4. The average Bonchev–Trinajstić information content (AvgIpc) is 3.42. The van der Waals surface area contributed by atoms with E-state index in [1.807, 2.05) is 30.3 Å². The quantitative estimate of drug-likeness (QED) is 0.614. The Morgan fingerprint density at radius 1 is 1.13 bits per heavy atom. The highest BCUT2D eigenvalue weighted by atomic mass is 19.1. The molecule has 3 aromatic rings. The van der Waals surface area contributed by atoms with E-state index < -0.39 is 24.1 Å². The van der Waals surface area contributed by atoms with Crippen molar-refractivity contribution in [3.8, 4) is 6.07 Å². The predicted octanol–water partition coefficient (Wildman–Crippen LogP) is 3.10. The molecule has 2 aliphatic heterocycles. The Morgan fingerprint density at radius 2 is 1.97 bits per heavy atom. The Labute approximate surface area is 177 Å². The van der Waals surface area contributed by atoms with Gasteiger partial charge in [-0.1, -0.05) is 30.3 Å². The zero-order chi connectivity index (χ0) is 21.4. The van der Waals surface area contributed by atoms with E-state index in [-0.39, 0.29) is 12.3 Å². The van der Waals surface area contributed by atoms with E-state index in [9.17, 15) is 14.4 Å². The van der Waals surface area contributed by atoms with Crippen LogP contribution >= 0.6 is 0 Å². The van der Waals surface area contributed by atoms with Gasteiger partial charge in [0.2, 0.25) is 5.95 Å². The molecule has 8 heteroatoms. The molecule has 0 saturated heterocycles. The standard InChI is InChI=1S/C23H16FN5O2/c24-19-11-15(8-9-26-19)21-22-27-17(12-16-7-4-10-31-16)23(30)29(22)18(13-25)20(28-21)14-5-2-1-3-6-14/h1-11,17-18,21H,12H2. The second-order valence-electron chi connectivity index (χ2n) is 7.22. The van der Waals surface area contributed by atoms with Gasteiger partial charge in [0.1, 0.15) is 23.7 Å². The van der Waals surface area contributed by atoms with Crippen molar-refractivity contribution in [2.75, 3.05) is 0 Å². The number of hydrogen-bond donors (Lipinski definition) is 0. The van der Waals surface area contributed by atoms with E-state index in [4.69, 9.17) is 9.41 Å². The fourth-order valence-corrected chi connectivity index (χ4v) is 3.93. The fourth-order valence-electron chi connectivity index (χ4n) is 3.93. The van der Waals surface area contributed by atoms with Gasteiger partial charge in [-0.3, -0.25) is 19.7 Å². The molecule has 4 heterocycles. The Morgan fingerprint density at radius 3 is 2.68 bits per heavy atom. The molecule has 3 unspecified atom stereocenters. The van der Waals surface area contributed by atoms with Crippen LogP contribution in [0.3, 0.4) is 0 Å². The maximum Gasteiger partial charge on any atom is 0.254 e. The molecule has 2 aromatic heterocycles. The number of aliphatic imine (C=N–C) groups is 2. The number of hydrogen-bond acceptors (Lipinski definition) is 6. The number of fused-ring (bicyclic) bond motifs is 1. The third kappa shape index (κ3) is 3.30. The van der Waals surface area contributed by atoms with Gasteiger partial charge < -0.3 is 4.42 Å². The van der Waals surface area contributed by atoms with Crippen LogP contribution in [0.1, 0.15) is 22.9 Å². The van der Waals surface area contributed by atoms with Crippen molar-refractivity contribution >= 4 is 17.5 Å². The first kappa shape index (κ1) is 18.9. The van der Waals surface area contributed by atoms with Crippen LogP contribution in [0.4, 0.5) is 4.39 Å². The van der Waals surface area contributed by atoms with Crippen LogP contribution in [-0.2, 0) is 11.2 Å². The number of halogens is 1. The molecule has 0 saturated carbocycles. The average molecular weight is 413 g/mol. The van der Waals surface area contributed by atoms with Crippen LogP contribution in [0.15, 0.2) is 81.5 Å². The summed E-state index contributed by atoms with van der Waals surface area (Å²) in [6.07, 6.45) is 3.15. The van der Waals surface area contributed by atoms with Gasteiger partial charge in [0, 0.05) is 12.6 Å². The number of nitrogens with zero attached hydrogens (tertiary/aromatic N) is 5. The third-order valence-corrected chi connectivity index (χ3v) is 5.32. The molecule has 0 fully saturated rings. The lowest BCUT2D eigenvalue weighted by Crippen LogP contribution is -2.51. The summed E-state index contributed by atoms with van der Waals surface area (Å²) in [4.78, 5) is 27.7. The zero-order valence-electron chi connectivity index (χ0n) is 16.2. The number of amidine groups is 1. The highest BCUT2D eigenvalue weighted by molar-refractivity contribution is 6.19. The van der Waals surface area contributed by atoms with Gasteiger partial charge in [0.15, 0.2) is 6.04 Å². The van der Waals surface area contributed by atoms with Crippen molar-refractivity contribution in [2.45, 2.75) is 24.5 Å². The summed E-state index contributed by atoms with van der Waals surface area (Å²) in [6.45, 7) is 0. The molecule has 5 rings (SSSR count). The molecule has 2 aliphatic rings. The molecule has 152 valence electrons. The lowest BCUT2D eigenvalue weighted by atomic mass is 9.96. The lowest BCUT2D eigenvalue weighted by Gasteiger charge is -2.33. The molecular formula is C23H16FN5O2. The second-order valence-corrected chi connectivity index (χ2v) is 7.22. The van der Waals surface area contributed by atoms with Crippen molar-refractivity contribution in [1.82, 2.24) is 9.88 Å². The summed E-state index contributed by atoms with van der Waals surface area (Å²) < 4.78 is 19.3. The molecule has 0 N–H and O–H groups in total. The highest BCUT2D eigenvalue weighted by Crippen LogP contribution is 2.34. The van der Waals surface area contributed by atoms with E-state index in [2.05, 4.69) is 16.0 Å². The molecule has 31 heavy (non-hydrogen) atoms. The minimum Gasteiger partial charge on any atom is -0.469 e. The number of furan rings is 1. The number of carbonyl (C=O) groups is 1. The number of aromatic nitrogens is 1. The van der Waals surface area contributed by atoms with E-state index >= 15 is 0 Å². The molecule has 0 aliphatic carbocycles. The molecule has 0 radical (unpaired) electrons. The van der Waals surface area contributed by atoms with Gasteiger partial charge in [-0.25, -0.2) is 4.98 Å². The molecule has 0 spiro atoms. The first-order valence-corrected chi connectivity index (χ1v) is 9.73. The normalized spacial score (nSPS) is 22.5. The van der Waals surface area contributed by atoms with Crippen LogP contribution in [0.5, 0.6) is 0 Å². The van der Waals surface area contributed by atoms with Crippen molar-refractivity contribution < 1.29 is 13.6 Å². The van der Waals surface area contributed by atoms with Gasteiger partial charge in [-0.05, 0) is 35.4 Å². The highest BCUT2D eigenvalue weighted by Gasteiger charge is 2.47. The molecule has 0 bridgehead atoms. The predicted molar refractivity (Wildman–Crippen MR) is 110 cm³/mol. The number of pyridine rings is 1. The fraction of sp³-hybridized carbons (Fsp3) is 0.174. The number of carbonyl (C=O) groups excluding carboxylic acids is 1. The Kier molecular flexibility index (Phi) is 4.64. The summed E-state index contributed by atoms with van der Waals surface area (Å²) in [5.74, 6) is -0.00839. The molecule has 1 aromatic carbocycles. The van der Waals surface area contributed by atoms with Crippen molar-refractivity contribution in [3.63, 3.8) is 0 Å². The zero-order valence-corrected chi connectivity index (χ0v) is 16.2. The molecule has 7 nitrogen and oxygen atoms in total. The monoisotopic (exact) mass is 413 g/mol. The van der Waals surface area contributed by atoms with E-state index in [0.717, 1.165) is 5.56 Å². The van der Waals surface area contributed by atoms with Gasteiger partial charge in [-0.2, -0.15) is 9.65 Å². The maximum atomic E-state index is 13.9. The summed E-state index contributed by atoms with van der Waals surface area (Å²) in [5.41, 5.74) is 1.67. The summed E-state index contributed by atoms with van der Waals surface area (Å²) in [5, 5.41) is 9.96. The number of nitriles is 1. The molecule has 3 atom stereocenters. The van der Waals surface area contributed by atoms with Gasteiger partial charge in [0.25, 0.3) is 5.91 Å². The smallest absolute Gasteiger partial charge is 0.254 e. The number of amides is 1. The third-order valence-electron chi connectivity index (χ3n) is 5.32. The van der Waals surface area contributed by atoms with Crippen LogP contribution < -0.4 is 0 Å². The van der Waals surface area contributed by atoms with Crippen molar-refractivity contribution in [2.24, 2.45) is 9.98 Å². The van der Waals surface area contributed by atoms with Crippen LogP contribution in [0.2, 0.25) is 0 Å². The number of rotatable bonds is 4. The summed E-state index contributed by atoms with van der Waals surface area (Å²) >= 11 is 0. The van der Waals surface area contributed by atoms with Gasteiger partial charge in [-0.15, -0.1) is 0 Å². The van der Waals surface area contributed by atoms with E-state index in [1.54, 1.807) is 18.2 Å². The second kappa shape index (κ2) is 7.61. The van der Waals surface area contributed by atoms with Crippen LogP contribution in [0, 0.1) is 17.3 Å². The van der Waals surface area contributed by atoms with Crippen molar-refractivity contribution in [1.29, 1.82) is 5.26 Å². The summed E-state index contributed by atoms with van der Waals surface area (Å²) in [7, 11) is 0. The van der Waals surface area contributed by atoms with Crippen LogP contribution in [0.25, 0.3) is 0 Å². The minimum atomic E-state index is -0.932. The van der Waals surface area contributed by atoms with Crippen molar-refractivity contribution in [3.05, 3.63) is 89.9 Å². The van der Waals surface area contributed by atoms with Crippen LogP contribution in [-0.4, -0.2) is 39.4 Å². The Hall–Kier alpha value is -4.12. The Balaban J connectivity index is 1.63. The topological polar surface area (TPSA) is 94.8 Å². The molecular weight excluding hydrogens is 397 g/mol. The SMILES string of the molecule is N#CC1C(c2ccccc2)=NC(c2ccnc(F)c2)C2=NC(Cc3ccco3)C(=O)N21. The Bertz CT molecular complexity index is 1230. The van der Waals surface area contributed by atoms with E-state index in [0.29, 0.717) is 22.9 Å². The van der Waals surface area contributed by atoms with Gasteiger partial charge in [0.05, 0.1) is 18.0 Å². The lowest BCUT2D eigenvalue weighted by molar-refractivity contribution is -0.127. The minimum absolute atomic E-state index is 0.266.